The van der Waals surface area contributed by atoms with Gasteiger partial charge in [-0.15, -0.1) is 0 Å². The molecule has 1 aliphatic carbocycles. The van der Waals surface area contributed by atoms with Crippen LogP contribution in [0.25, 0.3) is 0 Å². The molecule has 1 fully saturated rings. The van der Waals surface area contributed by atoms with E-state index in [4.69, 9.17) is 0 Å². The fraction of sp³-hybridized carbons (Fsp3) is 0.600. The normalized spacial score (nSPS) is 32.4. The van der Waals surface area contributed by atoms with E-state index in [1.54, 1.807) is 11.1 Å². The molecule has 2 heteroatoms. The van der Waals surface area contributed by atoms with Gasteiger partial charge < -0.3 is 10.6 Å². The van der Waals surface area contributed by atoms with Crippen LogP contribution in [-0.2, 0) is 6.42 Å². The monoisotopic (exact) mass is 230 g/mol. The first-order valence-corrected chi connectivity index (χ1v) is 6.89. The number of nitrogens with one attached hydrogen (secondary N) is 2. The summed E-state index contributed by atoms with van der Waals surface area (Å²) in [6.07, 6.45) is 3.78. The van der Waals surface area contributed by atoms with Gasteiger partial charge in [0.05, 0.1) is 0 Å². The Morgan fingerprint density at radius 3 is 3.00 bits per heavy atom. The summed E-state index contributed by atoms with van der Waals surface area (Å²) in [5, 5.41) is 7.35. The highest BCUT2D eigenvalue weighted by molar-refractivity contribution is 5.34. The second-order valence-electron chi connectivity index (χ2n) is 5.53. The number of hydrogen-bond donors (Lipinski definition) is 2. The summed E-state index contributed by atoms with van der Waals surface area (Å²) >= 11 is 0. The Hall–Kier alpha value is -0.860. The summed E-state index contributed by atoms with van der Waals surface area (Å²) in [5.74, 6) is 0.747. The lowest BCUT2D eigenvalue weighted by Crippen LogP contribution is -2.47. The minimum Gasteiger partial charge on any atom is -0.316 e. The Balaban J connectivity index is 1.70. The van der Waals surface area contributed by atoms with Crippen LogP contribution in [0.15, 0.2) is 24.3 Å². The van der Waals surface area contributed by atoms with E-state index >= 15 is 0 Å². The molecule has 1 heterocycles. The first-order chi connectivity index (χ1) is 8.34. The summed E-state index contributed by atoms with van der Waals surface area (Å²) in [5.41, 5.74) is 3.09. The molecule has 1 aromatic rings. The van der Waals surface area contributed by atoms with Crippen LogP contribution in [0.5, 0.6) is 0 Å². The van der Waals surface area contributed by atoms with Crippen LogP contribution in [0.2, 0.25) is 0 Å². The Morgan fingerprint density at radius 2 is 2.12 bits per heavy atom. The zero-order valence-corrected chi connectivity index (χ0v) is 10.6. The molecule has 3 unspecified atom stereocenters. The second-order valence-corrected chi connectivity index (χ2v) is 5.53. The van der Waals surface area contributed by atoms with Gasteiger partial charge in [-0.05, 0) is 49.4 Å². The van der Waals surface area contributed by atoms with E-state index in [0.29, 0.717) is 12.1 Å². The number of benzene rings is 1. The van der Waals surface area contributed by atoms with Crippen LogP contribution in [0.1, 0.15) is 36.9 Å². The Morgan fingerprint density at radius 1 is 1.24 bits per heavy atom. The summed E-state index contributed by atoms with van der Waals surface area (Å²) in [6, 6.07) is 10.2. The van der Waals surface area contributed by atoms with Crippen LogP contribution in [-0.4, -0.2) is 19.1 Å². The first kappa shape index (κ1) is 11.2. The maximum atomic E-state index is 3.88. The molecular weight excluding hydrogens is 208 g/mol. The molecule has 0 spiro atoms. The molecule has 2 aliphatic rings. The van der Waals surface area contributed by atoms with Crippen molar-refractivity contribution in [3.63, 3.8) is 0 Å². The van der Waals surface area contributed by atoms with E-state index in [2.05, 4.69) is 41.8 Å². The summed E-state index contributed by atoms with van der Waals surface area (Å²) in [6.45, 7) is 4.67. The molecular formula is C15H22N2. The minimum atomic E-state index is 0.594. The third-order valence-corrected chi connectivity index (χ3v) is 4.33. The van der Waals surface area contributed by atoms with E-state index < -0.39 is 0 Å². The predicted octanol–water partition coefficient (Wildman–Crippen LogP) is 2.26. The molecule has 1 aliphatic heterocycles. The predicted molar refractivity (Wildman–Crippen MR) is 71.1 cm³/mol. The van der Waals surface area contributed by atoms with Gasteiger partial charge in [0.2, 0.25) is 0 Å². The molecule has 3 atom stereocenters. The summed E-state index contributed by atoms with van der Waals surface area (Å²) in [4.78, 5) is 0. The number of hydrogen-bond acceptors (Lipinski definition) is 2. The smallest absolute Gasteiger partial charge is 0.0328 e. The first-order valence-electron chi connectivity index (χ1n) is 6.89. The minimum absolute atomic E-state index is 0.594. The van der Waals surface area contributed by atoms with Crippen molar-refractivity contribution in [3.8, 4) is 0 Å². The standard InChI is InChI=1S/C15H22N2/c1-11-10-16-9-8-14(11)17-15-7-6-12-4-2-3-5-13(12)15/h2-5,11,14-17H,6-10H2,1H3. The molecule has 1 saturated heterocycles. The van der Waals surface area contributed by atoms with Gasteiger partial charge in [-0.3, -0.25) is 0 Å². The van der Waals surface area contributed by atoms with E-state index in [9.17, 15) is 0 Å². The highest BCUT2D eigenvalue weighted by Gasteiger charge is 2.27. The van der Waals surface area contributed by atoms with E-state index in [0.717, 1.165) is 19.0 Å². The zero-order valence-electron chi connectivity index (χ0n) is 10.6. The van der Waals surface area contributed by atoms with Crippen LogP contribution in [0.4, 0.5) is 0 Å². The molecule has 3 rings (SSSR count). The lowest BCUT2D eigenvalue weighted by Gasteiger charge is -2.33. The Bertz CT molecular complexity index is 388. The molecule has 0 saturated carbocycles. The van der Waals surface area contributed by atoms with Crippen molar-refractivity contribution in [1.82, 2.24) is 10.6 Å². The SMILES string of the molecule is CC1CNCCC1NC1CCc2ccccc21. The van der Waals surface area contributed by atoms with Crippen LogP contribution >= 0.6 is 0 Å². The van der Waals surface area contributed by atoms with Gasteiger partial charge in [-0.25, -0.2) is 0 Å². The van der Waals surface area contributed by atoms with Crippen molar-refractivity contribution < 1.29 is 0 Å². The lowest BCUT2D eigenvalue weighted by atomic mass is 9.94. The maximum absolute atomic E-state index is 3.88. The van der Waals surface area contributed by atoms with Crippen molar-refractivity contribution in [3.05, 3.63) is 35.4 Å². The van der Waals surface area contributed by atoms with Gasteiger partial charge in [0.1, 0.15) is 0 Å². The molecule has 2 nitrogen and oxygen atoms in total. The average Bonchev–Trinajstić information content (AvgIpc) is 2.76. The lowest BCUT2D eigenvalue weighted by molar-refractivity contribution is 0.272. The highest BCUT2D eigenvalue weighted by atomic mass is 15.0. The van der Waals surface area contributed by atoms with Crippen LogP contribution in [0, 0.1) is 5.92 Å². The van der Waals surface area contributed by atoms with E-state index in [1.165, 1.54) is 19.3 Å². The summed E-state index contributed by atoms with van der Waals surface area (Å²) < 4.78 is 0. The van der Waals surface area contributed by atoms with Crippen LogP contribution < -0.4 is 10.6 Å². The Kier molecular flexibility index (Phi) is 3.17. The topological polar surface area (TPSA) is 24.1 Å². The molecule has 0 amide bonds. The van der Waals surface area contributed by atoms with E-state index in [1.807, 2.05) is 0 Å². The Labute approximate surface area is 104 Å². The van der Waals surface area contributed by atoms with Gasteiger partial charge in [-0.1, -0.05) is 31.2 Å². The molecule has 0 bridgehead atoms. The number of aryl methyl sites for hydroxylation is 1. The molecule has 92 valence electrons. The number of piperidine rings is 1. The van der Waals surface area contributed by atoms with Crippen LogP contribution in [0.3, 0.4) is 0 Å². The second kappa shape index (κ2) is 4.79. The molecule has 17 heavy (non-hydrogen) atoms. The van der Waals surface area contributed by atoms with Gasteiger partial charge >= 0.3 is 0 Å². The average molecular weight is 230 g/mol. The zero-order chi connectivity index (χ0) is 11.7. The van der Waals surface area contributed by atoms with Gasteiger partial charge in [0, 0.05) is 12.1 Å². The van der Waals surface area contributed by atoms with Crippen molar-refractivity contribution in [1.29, 1.82) is 0 Å². The molecule has 1 aromatic carbocycles. The fourth-order valence-corrected chi connectivity index (χ4v) is 3.25. The number of fused-ring (bicyclic) bond motifs is 1. The number of rotatable bonds is 2. The largest absolute Gasteiger partial charge is 0.316 e. The van der Waals surface area contributed by atoms with Crippen molar-refractivity contribution in [2.45, 2.75) is 38.3 Å². The van der Waals surface area contributed by atoms with E-state index in [-0.39, 0.29) is 0 Å². The van der Waals surface area contributed by atoms with Crippen molar-refractivity contribution in [2.24, 2.45) is 5.92 Å². The molecule has 0 radical (unpaired) electrons. The highest BCUT2D eigenvalue weighted by Crippen LogP contribution is 2.32. The third kappa shape index (κ3) is 2.24. The van der Waals surface area contributed by atoms with Crippen molar-refractivity contribution in [2.75, 3.05) is 13.1 Å². The van der Waals surface area contributed by atoms with Gasteiger partial charge in [0.25, 0.3) is 0 Å². The quantitative estimate of drug-likeness (QED) is 0.814. The fourth-order valence-electron chi connectivity index (χ4n) is 3.25. The molecule has 0 aromatic heterocycles. The van der Waals surface area contributed by atoms with Gasteiger partial charge in [0.15, 0.2) is 0 Å². The molecule has 2 N–H and O–H groups in total. The maximum Gasteiger partial charge on any atom is 0.0328 e. The summed E-state index contributed by atoms with van der Waals surface area (Å²) in [7, 11) is 0. The third-order valence-electron chi connectivity index (χ3n) is 4.33. The van der Waals surface area contributed by atoms with Crippen molar-refractivity contribution >= 4 is 0 Å². The van der Waals surface area contributed by atoms with Gasteiger partial charge in [-0.2, -0.15) is 0 Å².